The van der Waals surface area contributed by atoms with Gasteiger partial charge in [0.1, 0.15) is 0 Å². The van der Waals surface area contributed by atoms with E-state index in [1.54, 1.807) is 12.4 Å². The highest BCUT2D eigenvalue weighted by molar-refractivity contribution is 5.86. The molecule has 17 heavy (non-hydrogen) atoms. The Bertz CT molecular complexity index is 562. The molecule has 0 bridgehead atoms. The van der Waals surface area contributed by atoms with Gasteiger partial charge in [-0.05, 0) is 25.0 Å². The summed E-state index contributed by atoms with van der Waals surface area (Å²) < 4.78 is 1.52. The fourth-order valence-electron chi connectivity index (χ4n) is 1.65. The maximum atomic E-state index is 11.0. The van der Waals surface area contributed by atoms with Crippen molar-refractivity contribution in [2.75, 3.05) is 0 Å². The molecule has 0 atom stereocenters. The number of rotatable bonds is 3. The van der Waals surface area contributed by atoms with Gasteiger partial charge in [-0.1, -0.05) is 12.1 Å². The van der Waals surface area contributed by atoms with Gasteiger partial charge in [0, 0.05) is 6.20 Å². The van der Waals surface area contributed by atoms with E-state index in [0.29, 0.717) is 12.1 Å². The summed E-state index contributed by atoms with van der Waals surface area (Å²) in [4.78, 5) is 15.0. The fourth-order valence-corrected chi connectivity index (χ4v) is 1.65. The van der Waals surface area contributed by atoms with Gasteiger partial charge in [0.2, 0.25) is 0 Å². The Kier molecular flexibility index (Phi) is 2.86. The van der Waals surface area contributed by atoms with Crippen LogP contribution in [0, 0.1) is 6.92 Å². The summed E-state index contributed by atoms with van der Waals surface area (Å²) >= 11 is 0. The lowest BCUT2D eigenvalue weighted by molar-refractivity contribution is 0.0689. The molecular formula is C11H12N4O2. The fraction of sp³-hybridized carbons (Fsp3) is 0.273. The number of carbonyl (C=O) groups is 1. The highest BCUT2D eigenvalue weighted by Gasteiger charge is 2.18. The van der Waals surface area contributed by atoms with Gasteiger partial charge in [-0.25, -0.2) is 9.48 Å². The number of aromatic nitrogens is 4. The molecule has 6 heteroatoms. The normalized spacial score (nSPS) is 10.5. The van der Waals surface area contributed by atoms with Gasteiger partial charge in [-0.15, -0.1) is 5.10 Å². The number of carboxylic acid groups (broad SMARTS) is 1. The van der Waals surface area contributed by atoms with Crippen LogP contribution >= 0.6 is 0 Å². The molecule has 0 aromatic carbocycles. The quantitative estimate of drug-likeness (QED) is 0.860. The van der Waals surface area contributed by atoms with Gasteiger partial charge in [0.25, 0.3) is 0 Å². The molecule has 88 valence electrons. The number of hydrogen-bond donors (Lipinski definition) is 1. The van der Waals surface area contributed by atoms with E-state index in [0.717, 1.165) is 11.3 Å². The average Bonchev–Trinajstić information content (AvgIpc) is 2.72. The van der Waals surface area contributed by atoms with E-state index in [1.165, 1.54) is 4.68 Å². The summed E-state index contributed by atoms with van der Waals surface area (Å²) in [6.45, 7) is 3.78. The van der Waals surface area contributed by atoms with Crippen molar-refractivity contribution in [1.82, 2.24) is 20.0 Å². The monoisotopic (exact) mass is 232 g/mol. The van der Waals surface area contributed by atoms with E-state index in [4.69, 9.17) is 5.11 Å². The van der Waals surface area contributed by atoms with Crippen LogP contribution in [0.3, 0.4) is 0 Å². The first-order chi connectivity index (χ1) is 8.13. The molecule has 0 radical (unpaired) electrons. The summed E-state index contributed by atoms with van der Waals surface area (Å²) in [5, 5.41) is 16.5. The lowest BCUT2D eigenvalue weighted by atomic mass is 10.2. The van der Waals surface area contributed by atoms with Gasteiger partial charge >= 0.3 is 5.97 Å². The van der Waals surface area contributed by atoms with Crippen molar-refractivity contribution >= 4 is 5.97 Å². The minimum atomic E-state index is -1.06. The van der Waals surface area contributed by atoms with Crippen LogP contribution in [0.4, 0.5) is 0 Å². The molecule has 0 aliphatic heterocycles. The second kappa shape index (κ2) is 4.32. The predicted octanol–water partition coefficient (Wildman–Crippen LogP) is 1.23. The molecule has 2 aromatic heterocycles. The van der Waals surface area contributed by atoms with Crippen LogP contribution < -0.4 is 0 Å². The largest absolute Gasteiger partial charge is 0.476 e. The number of hydrogen-bond acceptors (Lipinski definition) is 4. The Morgan fingerprint density at radius 3 is 2.82 bits per heavy atom. The van der Waals surface area contributed by atoms with Crippen LogP contribution in [-0.4, -0.2) is 31.1 Å². The Labute approximate surface area is 97.9 Å². The first kappa shape index (κ1) is 11.3. The van der Waals surface area contributed by atoms with Crippen molar-refractivity contribution in [3.8, 4) is 5.69 Å². The molecule has 0 saturated heterocycles. The van der Waals surface area contributed by atoms with Crippen LogP contribution in [0.25, 0.3) is 5.69 Å². The SMILES string of the molecule is CCc1c(C(=O)O)nnn1-c1cncc(C)c1. The molecule has 0 saturated carbocycles. The molecule has 0 aliphatic carbocycles. The van der Waals surface area contributed by atoms with Crippen LogP contribution in [0.1, 0.15) is 28.7 Å². The maximum absolute atomic E-state index is 11.0. The lowest BCUT2D eigenvalue weighted by Crippen LogP contribution is -2.06. The van der Waals surface area contributed by atoms with E-state index >= 15 is 0 Å². The molecular weight excluding hydrogens is 220 g/mol. The molecule has 2 aromatic rings. The number of aryl methyl sites for hydroxylation is 1. The average molecular weight is 232 g/mol. The minimum Gasteiger partial charge on any atom is -0.476 e. The van der Waals surface area contributed by atoms with E-state index < -0.39 is 5.97 Å². The molecule has 0 spiro atoms. The number of carboxylic acids is 1. The van der Waals surface area contributed by atoms with Crippen LogP contribution in [0.5, 0.6) is 0 Å². The molecule has 0 unspecified atom stereocenters. The maximum Gasteiger partial charge on any atom is 0.358 e. The Balaban J connectivity index is 2.56. The van der Waals surface area contributed by atoms with Crippen LogP contribution in [0.15, 0.2) is 18.5 Å². The second-order valence-electron chi connectivity index (χ2n) is 3.68. The highest BCUT2D eigenvalue weighted by Crippen LogP contribution is 2.13. The van der Waals surface area contributed by atoms with Crippen molar-refractivity contribution in [3.05, 3.63) is 35.4 Å². The third-order valence-electron chi connectivity index (χ3n) is 2.41. The molecule has 6 nitrogen and oxygen atoms in total. The summed E-state index contributed by atoms with van der Waals surface area (Å²) in [6, 6.07) is 1.88. The first-order valence-electron chi connectivity index (χ1n) is 5.23. The van der Waals surface area contributed by atoms with Gasteiger partial charge in [-0.3, -0.25) is 4.98 Å². The zero-order valence-electron chi connectivity index (χ0n) is 9.58. The number of pyridine rings is 1. The van der Waals surface area contributed by atoms with Crippen molar-refractivity contribution in [2.45, 2.75) is 20.3 Å². The summed E-state index contributed by atoms with van der Waals surface area (Å²) in [6.07, 6.45) is 3.90. The lowest BCUT2D eigenvalue weighted by Gasteiger charge is -2.04. The Hall–Kier alpha value is -2.24. The Morgan fingerprint density at radius 2 is 2.24 bits per heavy atom. The standard InChI is InChI=1S/C11H12N4O2/c1-3-9-10(11(16)17)13-14-15(9)8-4-7(2)5-12-6-8/h4-6H,3H2,1-2H3,(H,16,17). The highest BCUT2D eigenvalue weighted by atomic mass is 16.4. The van der Waals surface area contributed by atoms with E-state index in [2.05, 4.69) is 15.3 Å². The Morgan fingerprint density at radius 1 is 1.47 bits per heavy atom. The van der Waals surface area contributed by atoms with E-state index in [1.807, 2.05) is 19.9 Å². The first-order valence-corrected chi connectivity index (χ1v) is 5.23. The van der Waals surface area contributed by atoms with Crippen molar-refractivity contribution in [2.24, 2.45) is 0 Å². The third-order valence-corrected chi connectivity index (χ3v) is 2.41. The topological polar surface area (TPSA) is 80.9 Å². The third kappa shape index (κ3) is 2.01. The molecule has 2 heterocycles. The van der Waals surface area contributed by atoms with Crippen LogP contribution in [-0.2, 0) is 6.42 Å². The summed E-state index contributed by atoms with van der Waals surface area (Å²) in [7, 11) is 0. The molecule has 1 N–H and O–H groups in total. The van der Waals surface area contributed by atoms with Gasteiger partial charge in [-0.2, -0.15) is 0 Å². The molecule has 0 aliphatic rings. The van der Waals surface area contributed by atoms with Gasteiger partial charge in [0.05, 0.1) is 17.6 Å². The molecule has 0 fully saturated rings. The van der Waals surface area contributed by atoms with E-state index in [9.17, 15) is 4.79 Å². The van der Waals surface area contributed by atoms with Crippen molar-refractivity contribution in [3.63, 3.8) is 0 Å². The van der Waals surface area contributed by atoms with Crippen molar-refractivity contribution < 1.29 is 9.90 Å². The summed E-state index contributed by atoms with van der Waals surface area (Å²) in [5.41, 5.74) is 2.28. The summed E-state index contributed by atoms with van der Waals surface area (Å²) in [5.74, 6) is -1.06. The predicted molar refractivity (Wildman–Crippen MR) is 60.2 cm³/mol. The molecule has 2 rings (SSSR count). The van der Waals surface area contributed by atoms with Gasteiger partial charge < -0.3 is 5.11 Å². The van der Waals surface area contributed by atoms with Crippen molar-refractivity contribution in [1.29, 1.82) is 0 Å². The van der Waals surface area contributed by atoms with E-state index in [-0.39, 0.29) is 5.69 Å². The zero-order chi connectivity index (χ0) is 12.4. The number of aromatic carboxylic acids is 1. The second-order valence-corrected chi connectivity index (χ2v) is 3.68. The minimum absolute atomic E-state index is 0.00555. The molecule has 0 amide bonds. The smallest absolute Gasteiger partial charge is 0.358 e. The van der Waals surface area contributed by atoms with Crippen LogP contribution in [0.2, 0.25) is 0 Å². The number of nitrogens with zero attached hydrogens (tertiary/aromatic N) is 4. The van der Waals surface area contributed by atoms with Gasteiger partial charge in [0.15, 0.2) is 5.69 Å². The zero-order valence-corrected chi connectivity index (χ0v) is 9.58.